The Kier molecular flexibility index (Phi) is 6.01. The van der Waals surface area contributed by atoms with Crippen molar-refractivity contribution in [2.24, 2.45) is 0 Å². The summed E-state index contributed by atoms with van der Waals surface area (Å²) in [7, 11) is 2.00. The van der Waals surface area contributed by atoms with Gasteiger partial charge in [0, 0.05) is 17.1 Å². The van der Waals surface area contributed by atoms with Gasteiger partial charge in [-0.3, -0.25) is 9.69 Å². The lowest BCUT2D eigenvalue weighted by Gasteiger charge is -2.27. The van der Waals surface area contributed by atoms with Crippen LogP contribution < -0.4 is 10.6 Å². The number of likely N-dealkylation sites (N-methyl/N-ethyl adjacent to an activating group) is 1. The molecule has 0 aliphatic carbocycles. The molecule has 1 atom stereocenters. The van der Waals surface area contributed by atoms with Crippen molar-refractivity contribution in [3.8, 4) is 0 Å². The first-order chi connectivity index (χ1) is 9.65. The van der Waals surface area contributed by atoms with Crippen LogP contribution >= 0.6 is 15.9 Å². The molecule has 1 aromatic rings. The largest absolute Gasteiger partial charge is 0.324 e. The lowest BCUT2D eigenvalue weighted by atomic mass is 10.0. The minimum Gasteiger partial charge on any atom is -0.324 e. The number of nitrogens with one attached hydrogen (secondary N) is 2. The first-order valence-electron chi connectivity index (χ1n) is 7.11. The zero-order valence-corrected chi connectivity index (χ0v) is 13.4. The number of anilines is 1. The molecule has 0 spiro atoms. The molecular formula is C15H22BrN3O. The molecule has 1 aliphatic heterocycles. The molecule has 110 valence electrons. The highest BCUT2D eigenvalue weighted by molar-refractivity contribution is 9.10. The van der Waals surface area contributed by atoms with E-state index in [1.54, 1.807) is 0 Å². The highest BCUT2D eigenvalue weighted by atomic mass is 79.9. The molecule has 2 N–H and O–H groups in total. The predicted octanol–water partition coefficient (Wildman–Crippen LogP) is 2.46. The molecule has 1 unspecified atom stereocenters. The Hall–Kier alpha value is -0.910. The second-order valence-corrected chi connectivity index (χ2v) is 6.23. The van der Waals surface area contributed by atoms with Gasteiger partial charge in [0.05, 0.1) is 12.2 Å². The van der Waals surface area contributed by atoms with Crippen molar-refractivity contribution >= 4 is 27.5 Å². The highest BCUT2D eigenvalue weighted by Gasteiger charge is 2.16. The average Bonchev–Trinajstić information content (AvgIpc) is 2.42. The van der Waals surface area contributed by atoms with Crippen LogP contribution in [0.3, 0.4) is 0 Å². The van der Waals surface area contributed by atoms with Crippen molar-refractivity contribution in [2.45, 2.75) is 25.3 Å². The molecule has 0 saturated carbocycles. The van der Waals surface area contributed by atoms with E-state index in [0.29, 0.717) is 12.6 Å². The molecule has 1 fully saturated rings. The summed E-state index contributed by atoms with van der Waals surface area (Å²) in [6.07, 6.45) is 3.76. The monoisotopic (exact) mass is 339 g/mol. The van der Waals surface area contributed by atoms with E-state index in [4.69, 9.17) is 0 Å². The van der Waals surface area contributed by atoms with Crippen LogP contribution in [0.25, 0.3) is 0 Å². The number of rotatable bonds is 5. The first-order valence-corrected chi connectivity index (χ1v) is 7.91. The van der Waals surface area contributed by atoms with Crippen LogP contribution in [0.4, 0.5) is 5.69 Å². The van der Waals surface area contributed by atoms with Crippen LogP contribution in [0.15, 0.2) is 28.7 Å². The molecule has 1 amide bonds. The van der Waals surface area contributed by atoms with Crippen LogP contribution in [-0.4, -0.2) is 43.5 Å². The maximum absolute atomic E-state index is 12.0. The SMILES string of the molecule is CN(CC(=O)Nc1ccccc1Br)CC1CCCCN1. The fourth-order valence-corrected chi connectivity index (χ4v) is 2.90. The van der Waals surface area contributed by atoms with E-state index >= 15 is 0 Å². The molecule has 5 heteroatoms. The van der Waals surface area contributed by atoms with Crippen LogP contribution in [0.1, 0.15) is 19.3 Å². The zero-order valence-electron chi connectivity index (χ0n) is 11.9. The quantitative estimate of drug-likeness (QED) is 0.866. The van der Waals surface area contributed by atoms with Crippen LogP contribution in [0, 0.1) is 0 Å². The molecule has 4 nitrogen and oxygen atoms in total. The molecule has 1 saturated heterocycles. The Morgan fingerprint density at radius 1 is 1.45 bits per heavy atom. The standard InChI is InChI=1S/C15H22BrN3O/c1-19(10-12-6-4-5-9-17-12)11-15(20)18-14-8-3-2-7-13(14)16/h2-3,7-8,12,17H,4-6,9-11H2,1H3,(H,18,20). The Morgan fingerprint density at radius 2 is 2.25 bits per heavy atom. The summed E-state index contributed by atoms with van der Waals surface area (Å²) in [5.41, 5.74) is 0.821. The maximum atomic E-state index is 12.0. The lowest BCUT2D eigenvalue weighted by Crippen LogP contribution is -2.44. The van der Waals surface area contributed by atoms with Gasteiger partial charge < -0.3 is 10.6 Å². The number of carbonyl (C=O) groups is 1. The van der Waals surface area contributed by atoms with Gasteiger partial charge in [0.1, 0.15) is 0 Å². The minimum absolute atomic E-state index is 0.0233. The first kappa shape index (κ1) is 15.5. The van der Waals surface area contributed by atoms with Crippen molar-refractivity contribution in [1.29, 1.82) is 0 Å². The molecule has 0 radical (unpaired) electrons. The molecule has 1 aromatic carbocycles. The third-order valence-corrected chi connectivity index (χ3v) is 4.20. The number of para-hydroxylation sites is 1. The summed E-state index contributed by atoms with van der Waals surface area (Å²) in [6, 6.07) is 8.18. The van der Waals surface area contributed by atoms with E-state index in [9.17, 15) is 4.79 Å². The topological polar surface area (TPSA) is 44.4 Å². The van der Waals surface area contributed by atoms with Crippen molar-refractivity contribution in [3.05, 3.63) is 28.7 Å². The Labute approximate surface area is 129 Å². The Balaban J connectivity index is 1.77. The van der Waals surface area contributed by atoms with Gasteiger partial charge in [-0.2, -0.15) is 0 Å². The second kappa shape index (κ2) is 7.76. The number of hydrogen-bond donors (Lipinski definition) is 2. The molecule has 2 rings (SSSR count). The van der Waals surface area contributed by atoms with E-state index in [2.05, 4.69) is 31.5 Å². The summed E-state index contributed by atoms with van der Waals surface area (Å²) in [5, 5.41) is 6.43. The molecular weight excluding hydrogens is 318 g/mol. The number of benzene rings is 1. The predicted molar refractivity (Wildman–Crippen MR) is 85.9 cm³/mol. The average molecular weight is 340 g/mol. The van der Waals surface area contributed by atoms with Gasteiger partial charge in [0.2, 0.25) is 5.91 Å². The summed E-state index contributed by atoms with van der Waals surface area (Å²) in [5.74, 6) is 0.0233. The fourth-order valence-electron chi connectivity index (χ4n) is 2.52. The second-order valence-electron chi connectivity index (χ2n) is 5.37. The minimum atomic E-state index is 0.0233. The smallest absolute Gasteiger partial charge is 0.238 e. The molecule has 1 aliphatic rings. The third-order valence-electron chi connectivity index (χ3n) is 3.51. The Bertz CT molecular complexity index is 446. The van der Waals surface area contributed by atoms with Gasteiger partial charge in [-0.15, -0.1) is 0 Å². The molecule has 0 aromatic heterocycles. The summed E-state index contributed by atoms with van der Waals surface area (Å²) < 4.78 is 0.907. The normalized spacial score (nSPS) is 19.1. The number of halogens is 1. The summed E-state index contributed by atoms with van der Waals surface area (Å²) in [4.78, 5) is 14.1. The maximum Gasteiger partial charge on any atom is 0.238 e. The molecule has 0 bridgehead atoms. The number of hydrogen-bond acceptors (Lipinski definition) is 3. The van der Waals surface area contributed by atoms with Crippen LogP contribution in [-0.2, 0) is 4.79 Å². The van der Waals surface area contributed by atoms with Gasteiger partial charge in [-0.05, 0) is 54.5 Å². The number of nitrogens with zero attached hydrogens (tertiary/aromatic N) is 1. The third kappa shape index (κ3) is 4.89. The van der Waals surface area contributed by atoms with E-state index in [1.807, 2.05) is 31.3 Å². The fraction of sp³-hybridized carbons (Fsp3) is 0.533. The number of carbonyl (C=O) groups excluding carboxylic acids is 1. The number of piperidine rings is 1. The summed E-state index contributed by atoms with van der Waals surface area (Å²) in [6.45, 7) is 2.44. The van der Waals surface area contributed by atoms with Crippen LogP contribution in [0.2, 0.25) is 0 Å². The van der Waals surface area contributed by atoms with Crippen LogP contribution in [0.5, 0.6) is 0 Å². The molecule has 20 heavy (non-hydrogen) atoms. The van der Waals surface area contributed by atoms with E-state index in [1.165, 1.54) is 19.3 Å². The number of amides is 1. The van der Waals surface area contributed by atoms with E-state index < -0.39 is 0 Å². The zero-order chi connectivity index (χ0) is 14.4. The lowest BCUT2D eigenvalue weighted by molar-refractivity contribution is -0.117. The van der Waals surface area contributed by atoms with Gasteiger partial charge in [0.15, 0.2) is 0 Å². The van der Waals surface area contributed by atoms with E-state index in [0.717, 1.165) is 23.2 Å². The van der Waals surface area contributed by atoms with Gasteiger partial charge in [0.25, 0.3) is 0 Å². The highest BCUT2D eigenvalue weighted by Crippen LogP contribution is 2.21. The van der Waals surface area contributed by atoms with Crippen molar-refractivity contribution < 1.29 is 4.79 Å². The Morgan fingerprint density at radius 3 is 2.95 bits per heavy atom. The van der Waals surface area contributed by atoms with E-state index in [-0.39, 0.29) is 5.91 Å². The van der Waals surface area contributed by atoms with Gasteiger partial charge >= 0.3 is 0 Å². The van der Waals surface area contributed by atoms with Gasteiger partial charge in [-0.25, -0.2) is 0 Å². The summed E-state index contributed by atoms with van der Waals surface area (Å²) >= 11 is 3.43. The van der Waals surface area contributed by atoms with Crippen molar-refractivity contribution in [3.63, 3.8) is 0 Å². The molecule has 1 heterocycles. The van der Waals surface area contributed by atoms with Crippen molar-refractivity contribution in [2.75, 3.05) is 32.0 Å². The van der Waals surface area contributed by atoms with Crippen molar-refractivity contribution in [1.82, 2.24) is 10.2 Å². The van der Waals surface area contributed by atoms with Gasteiger partial charge in [-0.1, -0.05) is 18.6 Å².